The quantitative estimate of drug-likeness (QED) is 0.756. The lowest BCUT2D eigenvalue weighted by atomic mass is 10.0. The van der Waals surface area contributed by atoms with Crippen LogP contribution in [-0.4, -0.2) is 13.6 Å². The molecule has 0 amide bonds. The summed E-state index contributed by atoms with van der Waals surface area (Å²) in [5.74, 6) is 0.739. The van der Waals surface area contributed by atoms with Crippen molar-refractivity contribution in [2.75, 3.05) is 13.6 Å². The van der Waals surface area contributed by atoms with Gasteiger partial charge in [0.05, 0.1) is 0 Å². The third kappa shape index (κ3) is 2.61. The topological polar surface area (TPSA) is 12.0 Å². The van der Waals surface area contributed by atoms with Gasteiger partial charge in [-0.05, 0) is 49.9 Å². The van der Waals surface area contributed by atoms with E-state index in [9.17, 15) is 0 Å². The highest BCUT2D eigenvalue weighted by molar-refractivity contribution is 7.10. The first-order valence-electron chi connectivity index (χ1n) is 4.41. The van der Waals surface area contributed by atoms with Crippen LogP contribution in [-0.2, 0) is 6.42 Å². The second-order valence-corrected chi connectivity index (χ2v) is 4.49. The zero-order valence-electron chi connectivity index (χ0n) is 8.05. The fraction of sp³-hybridized carbons (Fsp3) is 0.600. The molecule has 0 saturated heterocycles. The number of nitrogens with one attached hydrogen (secondary N) is 1. The van der Waals surface area contributed by atoms with Gasteiger partial charge in [0, 0.05) is 4.88 Å². The van der Waals surface area contributed by atoms with Crippen LogP contribution in [0.5, 0.6) is 0 Å². The summed E-state index contributed by atoms with van der Waals surface area (Å²) in [7, 11) is 2.01. The van der Waals surface area contributed by atoms with Gasteiger partial charge in [-0.25, -0.2) is 0 Å². The number of hydrogen-bond acceptors (Lipinski definition) is 2. The zero-order chi connectivity index (χ0) is 8.97. The molecule has 1 nitrogen and oxygen atoms in total. The van der Waals surface area contributed by atoms with Gasteiger partial charge < -0.3 is 5.32 Å². The third-order valence-electron chi connectivity index (χ3n) is 2.09. The van der Waals surface area contributed by atoms with Crippen molar-refractivity contribution in [3.63, 3.8) is 0 Å². The molecule has 1 aromatic rings. The fourth-order valence-corrected chi connectivity index (χ4v) is 2.16. The Kier molecular flexibility index (Phi) is 3.76. The largest absolute Gasteiger partial charge is 0.319 e. The van der Waals surface area contributed by atoms with Crippen LogP contribution in [0.3, 0.4) is 0 Å². The first-order chi connectivity index (χ1) is 5.74. The summed E-state index contributed by atoms with van der Waals surface area (Å²) >= 11 is 1.84. The van der Waals surface area contributed by atoms with Crippen molar-refractivity contribution in [1.82, 2.24) is 5.32 Å². The van der Waals surface area contributed by atoms with E-state index < -0.39 is 0 Å². The van der Waals surface area contributed by atoms with Crippen molar-refractivity contribution in [1.29, 1.82) is 0 Å². The predicted octanol–water partition coefficient (Wildman–Crippen LogP) is 2.45. The Morgan fingerprint density at radius 2 is 2.33 bits per heavy atom. The van der Waals surface area contributed by atoms with Crippen LogP contribution in [0.1, 0.15) is 17.4 Å². The zero-order valence-corrected chi connectivity index (χ0v) is 8.87. The molecule has 2 heteroatoms. The summed E-state index contributed by atoms with van der Waals surface area (Å²) in [6, 6.07) is 2.24. The van der Waals surface area contributed by atoms with E-state index in [0.29, 0.717) is 0 Å². The van der Waals surface area contributed by atoms with E-state index in [1.807, 2.05) is 18.4 Å². The molecule has 0 fully saturated rings. The highest BCUT2D eigenvalue weighted by atomic mass is 32.1. The van der Waals surface area contributed by atoms with Crippen LogP contribution in [0.15, 0.2) is 11.4 Å². The van der Waals surface area contributed by atoms with Gasteiger partial charge in [0.15, 0.2) is 0 Å². The van der Waals surface area contributed by atoms with Gasteiger partial charge in [-0.15, -0.1) is 11.3 Å². The maximum atomic E-state index is 3.20. The molecule has 0 bridgehead atoms. The van der Waals surface area contributed by atoms with Crippen molar-refractivity contribution in [3.05, 3.63) is 21.9 Å². The Hall–Kier alpha value is -0.340. The maximum Gasteiger partial charge on any atom is 0.00463 e. The van der Waals surface area contributed by atoms with E-state index in [2.05, 4.69) is 30.6 Å². The second kappa shape index (κ2) is 4.63. The monoisotopic (exact) mass is 183 g/mol. The van der Waals surface area contributed by atoms with Crippen LogP contribution in [0.2, 0.25) is 0 Å². The number of rotatable bonds is 4. The lowest BCUT2D eigenvalue weighted by Crippen LogP contribution is -2.17. The van der Waals surface area contributed by atoms with Gasteiger partial charge in [0.1, 0.15) is 0 Å². The van der Waals surface area contributed by atoms with Gasteiger partial charge in [-0.1, -0.05) is 6.92 Å². The molecule has 1 rings (SSSR count). The molecule has 1 atom stereocenters. The minimum atomic E-state index is 0.739. The minimum Gasteiger partial charge on any atom is -0.319 e. The molecule has 0 aliphatic carbocycles. The SMILES string of the molecule is CNCC(C)Cc1ccsc1C. The van der Waals surface area contributed by atoms with Crippen molar-refractivity contribution in [3.8, 4) is 0 Å². The summed E-state index contributed by atoms with van der Waals surface area (Å²) in [6.07, 6.45) is 1.20. The van der Waals surface area contributed by atoms with E-state index in [4.69, 9.17) is 0 Å². The van der Waals surface area contributed by atoms with Crippen molar-refractivity contribution >= 4 is 11.3 Å². The Bertz CT molecular complexity index is 229. The van der Waals surface area contributed by atoms with Crippen LogP contribution >= 0.6 is 11.3 Å². The molecule has 12 heavy (non-hydrogen) atoms. The van der Waals surface area contributed by atoms with Gasteiger partial charge >= 0.3 is 0 Å². The maximum absolute atomic E-state index is 3.20. The minimum absolute atomic E-state index is 0.739. The second-order valence-electron chi connectivity index (χ2n) is 3.37. The van der Waals surface area contributed by atoms with E-state index in [1.54, 1.807) is 0 Å². The van der Waals surface area contributed by atoms with E-state index >= 15 is 0 Å². The highest BCUT2D eigenvalue weighted by Gasteiger charge is 2.05. The van der Waals surface area contributed by atoms with E-state index in [1.165, 1.54) is 16.9 Å². The van der Waals surface area contributed by atoms with Gasteiger partial charge in [-0.2, -0.15) is 0 Å². The predicted molar refractivity (Wildman–Crippen MR) is 55.9 cm³/mol. The lowest BCUT2D eigenvalue weighted by molar-refractivity contribution is 0.541. The van der Waals surface area contributed by atoms with Crippen LogP contribution < -0.4 is 5.32 Å². The molecule has 0 aromatic carbocycles. The number of hydrogen-bond donors (Lipinski definition) is 1. The molecule has 1 unspecified atom stereocenters. The first kappa shape index (κ1) is 9.75. The Morgan fingerprint density at radius 1 is 1.58 bits per heavy atom. The molecule has 1 N–H and O–H groups in total. The molecule has 0 aliphatic rings. The van der Waals surface area contributed by atoms with E-state index in [-0.39, 0.29) is 0 Å². The normalized spacial score (nSPS) is 13.2. The summed E-state index contributed by atoms with van der Waals surface area (Å²) in [4.78, 5) is 1.47. The molecule has 0 spiro atoms. The molecule has 0 saturated carbocycles. The average molecular weight is 183 g/mol. The summed E-state index contributed by atoms with van der Waals surface area (Å²) < 4.78 is 0. The fourth-order valence-electron chi connectivity index (χ4n) is 1.42. The summed E-state index contributed by atoms with van der Waals surface area (Å²) in [5, 5.41) is 5.38. The average Bonchev–Trinajstić information content (AvgIpc) is 2.37. The molecule has 68 valence electrons. The highest BCUT2D eigenvalue weighted by Crippen LogP contribution is 2.18. The summed E-state index contributed by atoms with van der Waals surface area (Å²) in [6.45, 7) is 5.59. The van der Waals surface area contributed by atoms with E-state index in [0.717, 1.165) is 12.5 Å². The molecule has 1 aromatic heterocycles. The molecule has 1 heterocycles. The lowest BCUT2D eigenvalue weighted by Gasteiger charge is -2.09. The molecular weight excluding hydrogens is 166 g/mol. The Labute approximate surface area is 78.8 Å². The molecule has 0 aliphatic heterocycles. The molecular formula is C10H17NS. The van der Waals surface area contributed by atoms with Gasteiger partial charge in [-0.3, -0.25) is 0 Å². The standard InChI is InChI=1S/C10H17NS/c1-8(7-11-3)6-10-4-5-12-9(10)2/h4-5,8,11H,6-7H2,1-3H3. The van der Waals surface area contributed by atoms with Crippen molar-refractivity contribution in [2.24, 2.45) is 5.92 Å². The molecule has 0 radical (unpaired) electrons. The van der Waals surface area contributed by atoms with Gasteiger partial charge in [0.25, 0.3) is 0 Å². The Morgan fingerprint density at radius 3 is 2.83 bits per heavy atom. The van der Waals surface area contributed by atoms with Gasteiger partial charge in [0.2, 0.25) is 0 Å². The Balaban J connectivity index is 2.46. The van der Waals surface area contributed by atoms with Crippen molar-refractivity contribution < 1.29 is 0 Å². The third-order valence-corrected chi connectivity index (χ3v) is 2.98. The van der Waals surface area contributed by atoms with Crippen LogP contribution in [0.25, 0.3) is 0 Å². The number of aryl methyl sites for hydroxylation is 1. The summed E-state index contributed by atoms with van der Waals surface area (Å²) in [5.41, 5.74) is 1.52. The van der Waals surface area contributed by atoms with Crippen LogP contribution in [0.4, 0.5) is 0 Å². The van der Waals surface area contributed by atoms with Crippen molar-refractivity contribution in [2.45, 2.75) is 20.3 Å². The number of thiophene rings is 1. The van der Waals surface area contributed by atoms with Crippen LogP contribution in [0, 0.1) is 12.8 Å². The smallest absolute Gasteiger partial charge is 0.00463 e. The first-order valence-corrected chi connectivity index (χ1v) is 5.29.